The molecule has 0 bridgehead atoms. The minimum absolute atomic E-state index is 0.743. The van der Waals surface area contributed by atoms with Crippen molar-refractivity contribution in [2.75, 3.05) is 5.32 Å². The summed E-state index contributed by atoms with van der Waals surface area (Å²) in [5, 5.41) is 3.39. The number of rotatable bonds is 5. The van der Waals surface area contributed by atoms with Crippen LogP contribution in [-0.2, 0) is 13.1 Å². The molecule has 0 aliphatic rings. The van der Waals surface area contributed by atoms with Crippen molar-refractivity contribution in [3.8, 4) is 0 Å². The number of halogens is 1. The van der Waals surface area contributed by atoms with Gasteiger partial charge in [-0.05, 0) is 17.2 Å². The normalized spacial score (nSPS) is 10.5. The summed E-state index contributed by atoms with van der Waals surface area (Å²) in [6, 6.07) is 18.6. The second-order valence-electron chi connectivity index (χ2n) is 4.81. The Morgan fingerprint density at radius 2 is 1.76 bits per heavy atom. The molecule has 1 heterocycles. The Labute approximate surface area is 132 Å². The molecule has 0 aliphatic carbocycles. The maximum atomic E-state index is 4.39. The second-order valence-corrected chi connectivity index (χ2v) is 5.66. The summed E-state index contributed by atoms with van der Waals surface area (Å²) in [6.07, 6.45) is 3.82. The Bertz CT molecular complexity index is 707. The Hall–Kier alpha value is -2.07. The van der Waals surface area contributed by atoms with Crippen molar-refractivity contribution >= 4 is 21.9 Å². The van der Waals surface area contributed by atoms with Gasteiger partial charge in [0.05, 0.1) is 6.54 Å². The van der Waals surface area contributed by atoms with Crippen LogP contribution in [0.5, 0.6) is 0 Å². The van der Waals surface area contributed by atoms with Crippen molar-refractivity contribution in [3.63, 3.8) is 0 Å². The van der Waals surface area contributed by atoms with Crippen LogP contribution < -0.4 is 5.32 Å². The Morgan fingerprint density at radius 1 is 1.00 bits per heavy atom. The Morgan fingerprint density at radius 3 is 2.57 bits per heavy atom. The molecular weight excluding hydrogens is 326 g/mol. The van der Waals surface area contributed by atoms with Crippen molar-refractivity contribution in [1.29, 1.82) is 0 Å². The van der Waals surface area contributed by atoms with Gasteiger partial charge in [-0.25, -0.2) is 4.98 Å². The number of benzene rings is 2. The van der Waals surface area contributed by atoms with Gasteiger partial charge in [0, 0.05) is 23.4 Å². The van der Waals surface area contributed by atoms with E-state index in [9.17, 15) is 0 Å². The summed E-state index contributed by atoms with van der Waals surface area (Å²) >= 11 is 3.57. The van der Waals surface area contributed by atoms with Crippen molar-refractivity contribution in [2.45, 2.75) is 13.1 Å². The zero-order valence-electron chi connectivity index (χ0n) is 11.5. The smallest absolute Gasteiger partial charge is 0.203 e. The maximum Gasteiger partial charge on any atom is 0.203 e. The van der Waals surface area contributed by atoms with Crippen LogP contribution in [0.3, 0.4) is 0 Å². The van der Waals surface area contributed by atoms with Gasteiger partial charge in [-0.2, -0.15) is 0 Å². The fourth-order valence-corrected chi connectivity index (χ4v) is 2.63. The van der Waals surface area contributed by atoms with Crippen LogP contribution in [0.4, 0.5) is 5.95 Å². The Balaban J connectivity index is 1.70. The first-order valence-corrected chi connectivity index (χ1v) is 7.64. The van der Waals surface area contributed by atoms with E-state index in [1.165, 1.54) is 11.1 Å². The third kappa shape index (κ3) is 3.52. The van der Waals surface area contributed by atoms with Gasteiger partial charge < -0.3 is 9.88 Å². The molecule has 0 fully saturated rings. The Kier molecular flexibility index (Phi) is 4.36. The first-order valence-electron chi connectivity index (χ1n) is 6.85. The highest BCUT2D eigenvalue weighted by molar-refractivity contribution is 9.10. The SMILES string of the molecule is Brc1ccccc1CNc1nccn1Cc1ccccc1. The van der Waals surface area contributed by atoms with E-state index >= 15 is 0 Å². The zero-order valence-corrected chi connectivity index (χ0v) is 13.1. The van der Waals surface area contributed by atoms with Gasteiger partial charge >= 0.3 is 0 Å². The number of imidazole rings is 1. The van der Waals surface area contributed by atoms with Crippen molar-refractivity contribution in [2.24, 2.45) is 0 Å². The number of nitrogens with zero attached hydrogens (tertiary/aromatic N) is 2. The van der Waals surface area contributed by atoms with Gasteiger partial charge in [-0.3, -0.25) is 0 Å². The highest BCUT2D eigenvalue weighted by Gasteiger charge is 2.04. The zero-order chi connectivity index (χ0) is 14.5. The highest BCUT2D eigenvalue weighted by Crippen LogP contribution is 2.17. The average molecular weight is 342 g/mol. The molecule has 0 spiro atoms. The number of aromatic nitrogens is 2. The molecule has 0 radical (unpaired) electrons. The topological polar surface area (TPSA) is 29.9 Å². The molecule has 1 N–H and O–H groups in total. The molecule has 0 unspecified atom stereocenters. The van der Waals surface area contributed by atoms with E-state index in [0.717, 1.165) is 23.5 Å². The third-order valence-electron chi connectivity index (χ3n) is 3.31. The molecule has 4 heteroatoms. The van der Waals surface area contributed by atoms with E-state index in [1.807, 2.05) is 36.7 Å². The fourth-order valence-electron chi connectivity index (χ4n) is 2.20. The van der Waals surface area contributed by atoms with Gasteiger partial charge in [0.15, 0.2) is 0 Å². The van der Waals surface area contributed by atoms with E-state index in [-0.39, 0.29) is 0 Å². The van der Waals surface area contributed by atoms with E-state index in [0.29, 0.717) is 0 Å². The summed E-state index contributed by atoms with van der Waals surface area (Å²) < 4.78 is 3.23. The minimum atomic E-state index is 0.743. The quantitative estimate of drug-likeness (QED) is 0.749. The molecule has 3 aromatic rings. The maximum absolute atomic E-state index is 4.39. The lowest BCUT2D eigenvalue weighted by Crippen LogP contribution is -2.08. The standard InChI is InChI=1S/C17H16BrN3/c18-16-9-5-4-8-15(16)12-20-17-19-10-11-21(17)13-14-6-2-1-3-7-14/h1-11H,12-13H2,(H,19,20). The van der Waals surface area contributed by atoms with E-state index in [1.54, 1.807) is 0 Å². The first kappa shape index (κ1) is 13.9. The third-order valence-corrected chi connectivity index (χ3v) is 4.08. The molecule has 1 aromatic heterocycles. The van der Waals surface area contributed by atoms with Crippen LogP contribution in [0.25, 0.3) is 0 Å². The predicted molar refractivity (Wildman–Crippen MR) is 89.2 cm³/mol. The van der Waals surface area contributed by atoms with Gasteiger partial charge in [0.1, 0.15) is 0 Å². The lowest BCUT2D eigenvalue weighted by atomic mass is 10.2. The molecule has 0 atom stereocenters. The van der Waals surface area contributed by atoms with Crippen molar-refractivity contribution < 1.29 is 0 Å². The summed E-state index contributed by atoms with van der Waals surface area (Å²) in [6.45, 7) is 1.56. The summed E-state index contributed by atoms with van der Waals surface area (Å²) in [5.41, 5.74) is 2.48. The molecule has 0 saturated heterocycles. The van der Waals surface area contributed by atoms with Gasteiger partial charge in [0.25, 0.3) is 0 Å². The highest BCUT2D eigenvalue weighted by atomic mass is 79.9. The number of hydrogen-bond acceptors (Lipinski definition) is 2. The lowest BCUT2D eigenvalue weighted by molar-refractivity contribution is 0.797. The van der Waals surface area contributed by atoms with E-state index in [4.69, 9.17) is 0 Å². The molecule has 0 saturated carbocycles. The van der Waals surface area contributed by atoms with Gasteiger partial charge in [-0.1, -0.05) is 64.5 Å². The largest absolute Gasteiger partial charge is 0.352 e. The number of hydrogen-bond donors (Lipinski definition) is 1. The molecular formula is C17H16BrN3. The van der Waals surface area contributed by atoms with Crippen LogP contribution >= 0.6 is 15.9 Å². The predicted octanol–water partition coefficient (Wildman–Crippen LogP) is 4.31. The summed E-state index contributed by atoms with van der Waals surface area (Å²) in [5.74, 6) is 0.884. The summed E-state index contributed by atoms with van der Waals surface area (Å²) in [7, 11) is 0. The molecule has 0 aliphatic heterocycles. The monoisotopic (exact) mass is 341 g/mol. The summed E-state index contributed by atoms with van der Waals surface area (Å²) in [4.78, 5) is 4.39. The molecule has 0 amide bonds. The molecule has 106 valence electrons. The van der Waals surface area contributed by atoms with Crippen molar-refractivity contribution in [3.05, 3.63) is 82.6 Å². The number of anilines is 1. The first-order chi connectivity index (χ1) is 10.3. The lowest BCUT2D eigenvalue weighted by Gasteiger charge is -2.11. The number of nitrogens with one attached hydrogen (secondary N) is 1. The second kappa shape index (κ2) is 6.59. The minimum Gasteiger partial charge on any atom is -0.352 e. The van der Waals surface area contributed by atoms with Crippen molar-refractivity contribution in [1.82, 2.24) is 9.55 Å². The molecule has 2 aromatic carbocycles. The molecule has 3 nitrogen and oxygen atoms in total. The van der Waals surface area contributed by atoms with Crippen LogP contribution in [-0.4, -0.2) is 9.55 Å². The fraction of sp³-hybridized carbons (Fsp3) is 0.118. The van der Waals surface area contributed by atoms with E-state index in [2.05, 4.69) is 61.1 Å². The van der Waals surface area contributed by atoms with Crippen LogP contribution in [0.1, 0.15) is 11.1 Å². The van der Waals surface area contributed by atoms with Crippen LogP contribution in [0.15, 0.2) is 71.5 Å². The van der Waals surface area contributed by atoms with Crippen LogP contribution in [0.2, 0.25) is 0 Å². The van der Waals surface area contributed by atoms with E-state index < -0.39 is 0 Å². The van der Waals surface area contributed by atoms with Crippen LogP contribution in [0, 0.1) is 0 Å². The van der Waals surface area contributed by atoms with Gasteiger partial charge in [-0.15, -0.1) is 0 Å². The van der Waals surface area contributed by atoms with Gasteiger partial charge in [0.2, 0.25) is 5.95 Å². The average Bonchev–Trinajstić information content (AvgIpc) is 2.95. The molecule has 21 heavy (non-hydrogen) atoms. The molecule has 3 rings (SSSR count).